The largest absolute Gasteiger partial charge is 0.298 e. The highest BCUT2D eigenvalue weighted by atomic mass is 16.1. The number of ketones is 1. The van der Waals surface area contributed by atoms with Gasteiger partial charge in [0.05, 0.1) is 34.1 Å². The van der Waals surface area contributed by atoms with Crippen LogP contribution in [0.15, 0.2) is 48.5 Å². The summed E-state index contributed by atoms with van der Waals surface area (Å²) in [6.45, 7) is 0. The minimum absolute atomic E-state index is 0.351. The molecule has 2 aliphatic carbocycles. The van der Waals surface area contributed by atoms with Crippen molar-refractivity contribution >= 4 is 5.78 Å². The number of carbonyl (C=O) groups is 1. The van der Waals surface area contributed by atoms with Crippen LogP contribution in [0.4, 0.5) is 0 Å². The first kappa shape index (κ1) is 18.5. The van der Waals surface area contributed by atoms with Crippen molar-refractivity contribution in [1.29, 1.82) is 10.5 Å². The Bertz CT molecular complexity index is 866. The summed E-state index contributed by atoms with van der Waals surface area (Å²) < 4.78 is 0. The average Bonchev–Trinajstić information content (AvgIpc) is 3.45. The highest BCUT2D eigenvalue weighted by molar-refractivity contribution is 5.99. The van der Waals surface area contributed by atoms with Gasteiger partial charge in [-0.3, -0.25) is 4.79 Å². The van der Waals surface area contributed by atoms with E-state index < -0.39 is 10.8 Å². The van der Waals surface area contributed by atoms with Crippen LogP contribution in [0.2, 0.25) is 0 Å². The Morgan fingerprint density at radius 1 is 0.643 bits per heavy atom. The van der Waals surface area contributed by atoms with Gasteiger partial charge < -0.3 is 0 Å². The number of hydrogen-bond acceptors (Lipinski definition) is 3. The summed E-state index contributed by atoms with van der Waals surface area (Å²) in [5, 5.41) is 18.3. The Morgan fingerprint density at radius 3 is 1.25 bits per heavy atom. The van der Waals surface area contributed by atoms with Crippen molar-refractivity contribution in [1.82, 2.24) is 0 Å². The number of nitriles is 2. The van der Waals surface area contributed by atoms with E-state index in [0.29, 0.717) is 16.9 Å². The van der Waals surface area contributed by atoms with Gasteiger partial charge in [-0.05, 0) is 61.1 Å². The van der Waals surface area contributed by atoms with Crippen LogP contribution in [-0.4, -0.2) is 5.78 Å². The van der Waals surface area contributed by atoms with Crippen LogP contribution in [0.25, 0.3) is 0 Å². The third-order valence-electron chi connectivity index (χ3n) is 6.92. The normalized spacial score (nSPS) is 19.6. The molecule has 0 atom stereocenters. The van der Waals surface area contributed by atoms with Crippen molar-refractivity contribution in [2.75, 3.05) is 0 Å². The predicted molar refractivity (Wildman–Crippen MR) is 108 cm³/mol. The maximum Gasteiger partial charge on any atom is 0.153 e. The molecule has 2 fully saturated rings. The molecule has 4 rings (SSSR count). The summed E-state index contributed by atoms with van der Waals surface area (Å²) in [6.07, 6.45) is 7.80. The molecule has 2 aliphatic rings. The van der Waals surface area contributed by atoms with E-state index in [-0.39, 0.29) is 0 Å². The first-order chi connectivity index (χ1) is 13.6. The Morgan fingerprint density at radius 2 is 0.964 bits per heavy atom. The summed E-state index contributed by atoms with van der Waals surface area (Å²) in [6, 6.07) is 19.7. The Balaban J connectivity index is 1.80. The first-order valence-electron chi connectivity index (χ1n) is 10.2. The van der Waals surface area contributed by atoms with Gasteiger partial charge in [0.2, 0.25) is 0 Å². The maximum absolute atomic E-state index is 14.3. The summed E-state index contributed by atoms with van der Waals surface area (Å²) in [7, 11) is 0. The van der Waals surface area contributed by atoms with Crippen LogP contribution < -0.4 is 0 Å². The lowest BCUT2D eigenvalue weighted by Gasteiger charge is -2.39. The molecule has 3 heteroatoms. The summed E-state index contributed by atoms with van der Waals surface area (Å²) in [4.78, 5) is 14.3. The van der Waals surface area contributed by atoms with E-state index in [1.807, 2.05) is 48.5 Å². The lowest BCUT2D eigenvalue weighted by molar-refractivity contribution is -0.130. The van der Waals surface area contributed by atoms with Crippen molar-refractivity contribution in [2.24, 2.45) is 0 Å². The van der Waals surface area contributed by atoms with Gasteiger partial charge >= 0.3 is 0 Å². The molecule has 0 amide bonds. The van der Waals surface area contributed by atoms with Crippen LogP contribution in [0, 0.1) is 22.7 Å². The van der Waals surface area contributed by atoms with E-state index in [4.69, 9.17) is 10.5 Å². The number of rotatable bonds is 4. The molecule has 0 aliphatic heterocycles. The number of benzene rings is 2. The third kappa shape index (κ3) is 2.83. The van der Waals surface area contributed by atoms with E-state index in [9.17, 15) is 4.79 Å². The van der Waals surface area contributed by atoms with Crippen LogP contribution in [-0.2, 0) is 15.6 Å². The van der Waals surface area contributed by atoms with Crippen molar-refractivity contribution in [3.05, 3.63) is 70.8 Å². The van der Waals surface area contributed by atoms with Gasteiger partial charge in [-0.25, -0.2) is 0 Å². The monoisotopic (exact) mass is 368 g/mol. The lowest BCUT2D eigenvalue weighted by atomic mass is 9.62. The molecule has 0 radical (unpaired) electrons. The van der Waals surface area contributed by atoms with Gasteiger partial charge in [0.25, 0.3) is 0 Å². The predicted octanol–water partition coefficient (Wildman–Crippen LogP) is 5.32. The van der Waals surface area contributed by atoms with Crippen molar-refractivity contribution in [2.45, 2.75) is 62.2 Å². The van der Waals surface area contributed by atoms with Gasteiger partial charge in [0.15, 0.2) is 5.78 Å². The molecule has 0 bridgehead atoms. The maximum atomic E-state index is 14.3. The van der Waals surface area contributed by atoms with Gasteiger partial charge in [0.1, 0.15) is 0 Å². The van der Waals surface area contributed by atoms with Gasteiger partial charge in [0, 0.05) is 0 Å². The fraction of sp³-hybridized carbons (Fsp3) is 0.400. The highest BCUT2D eigenvalue weighted by Crippen LogP contribution is 2.52. The van der Waals surface area contributed by atoms with Gasteiger partial charge in [-0.1, -0.05) is 49.9 Å². The SMILES string of the molecule is N#Cc1ccc(C2(C(=O)C3(c4ccc(C#N)cc4)CCCC3)CCCC2)cc1. The molecule has 28 heavy (non-hydrogen) atoms. The number of nitrogens with zero attached hydrogens (tertiary/aromatic N) is 2. The van der Waals surface area contributed by atoms with Crippen molar-refractivity contribution in [3.8, 4) is 12.1 Å². The zero-order valence-electron chi connectivity index (χ0n) is 16.1. The van der Waals surface area contributed by atoms with E-state index in [0.717, 1.165) is 62.5 Å². The zero-order valence-corrected chi connectivity index (χ0v) is 16.1. The number of hydrogen-bond donors (Lipinski definition) is 0. The van der Waals surface area contributed by atoms with Gasteiger partial charge in [-0.15, -0.1) is 0 Å². The molecular weight excluding hydrogens is 344 g/mol. The van der Waals surface area contributed by atoms with Crippen LogP contribution in [0.3, 0.4) is 0 Å². The summed E-state index contributed by atoms with van der Waals surface area (Å²) in [5.74, 6) is 0.351. The van der Waals surface area contributed by atoms with Crippen LogP contribution in [0.1, 0.15) is 73.6 Å². The molecule has 0 aromatic heterocycles. The standard InChI is InChI=1S/C25H24N2O/c26-17-19-5-9-21(10-6-19)24(13-1-2-14-24)23(28)25(15-3-4-16-25)22-11-7-20(18-27)8-12-22/h5-12H,1-4,13-16H2. The lowest BCUT2D eigenvalue weighted by Crippen LogP contribution is -2.46. The molecule has 140 valence electrons. The van der Waals surface area contributed by atoms with E-state index >= 15 is 0 Å². The summed E-state index contributed by atoms with van der Waals surface area (Å²) >= 11 is 0. The minimum Gasteiger partial charge on any atom is -0.298 e. The molecule has 2 aromatic rings. The molecule has 0 spiro atoms. The molecule has 0 saturated heterocycles. The quantitative estimate of drug-likeness (QED) is 0.733. The number of Topliss-reactive ketones (excluding diaryl/α,β-unsaturated/α-hetero) is 1. The van der Waals surface area contributed by atoms with E-state index in [1.165, 1.54) is 0 Å². The zero-order chi connectivity index (χ0) is 19.6. The van der Waals surface area contributed by atoms with Gasteiger partial charge in [-0.2, -0.15) is 10.5 Å². The molecule has 0 unspecified atom stereocenters. The Hall–Kier alpha value is -2.91. The fourth-order valence-corrected chi connectivity index (χ4v) is 5.44. The molecule has 2 saturated carbocycles. The minimum atomic E-state index is -0.452. The fourth-order valence-electron chi connectivity index (χ4n) is 5.44. The second kappa shape index (κ2) is 7.25. The topological polar surface area (TPSA) is 64.7 Å². The molecular formula is C25H24N2O. The van der Waals surface area contributed by atoms with E-state index in [2.05, 4.69) is 12.1 Å². The molecule has 3 nitrogen and oxygen atoms in total. The smallest absolute Gasteiger partial charge is 0.153 e. The molecule has 0 heterocycles. The first-order valence-corrected chi connectivity index (χ1v) is 10.2. The van der Waals surface area contributed by atoms with Crippen molar-refractivity contribution in [3.63, 3.8) is 0 Å². The second-order valence-corrected chi connectivity index (χ2v) is 8.29. The summed E-state index contributed by atoms with van der Waals surface area (Å²) in [5.41, 5.74) is 2.49. The molecule has 2 aromatic carbocycles. The number of carbonyl (C=O) groups excluding carboxylic acids is 1. The van der Waals surface area contributed by atoms with Crippen LogP contribution in [0.5, 0.6) is 0 Å². The second-order valence-electron chi connectivity index (χ2n) is 8.29. The third-order valence-corrected chi connectivity index (χ3v) is 6.92. The Kier molecular flexibility index (Phi) is 4.78. The van der Waals surface area contributed by atoms with E-state index in [1.54, 1.807) is 0 Å². The van der Waals surface area contributed by atoms with Crippen LogP contribution >= 0.6 is 0 Å². The Labute approximate surface area is 166 Å². The average molecular weight is 368 g/mol. The van der Waals surface area contributed by atoms with Crippen molar-refractivity contribution < 1.29 is 4.79 Å². The molecule has 0 N–H and O–H groups in total. The highest BCUT2D eigenvalue weighted by Gasteiger charge is 2.53.